The van der Waals surface area contributed by atoms with E-state index in [9.17, 15) is 4.79 Å². The van der Waals surface area contributed by atoms with Crippen molar-refractivity contribution in [1.29, 1.82) is 0 Å². The van der Waals surface area contributed by atoms with Gasteiger partial charge in [-0.15, -0.1) is 0 Å². The molecule has 0 fully saturated rings. The van der Waals surface area contributed by atoms with Crippen molar-refractivity contribution < 1.29 is 14.3 Å². The molecule has 3 nitrogen and oxygen atoms in total. The van der Waals surface area contributed by atoms with Gasteiger partial charge in [0.05, 0.1) is 13.2 Å². The molecule has 0 heterocycles. The quantitative estimate of drug-likeness (QED) is 0.682. The summed E-state index contributed by atoms with van der Waals surface area (Å²) in [4.78, 5) is 11.2. The van der Waals surface area contributed by atoms with E-state index in [1.807, 2.05) is 6.92 Å². The van der Waals surface area contributed by atoms with Crippen LogP contribution in [0.15, 0.2) is 24.3 Å². The van der Waals surface area contributed by atoms with E-state index in [0.29, 0.717) is 13.0 Å². The predicted octanol–water partition coefficient (Wildman–Crippen LogP) is 2.37. The zero-order valence-electron chi connectivity index (χ0n) is 10.6. The average molecular weight is 236 g/mol. The summed E-state index contributed by atoms with van der Waals surface area (Å²) in [6, 6.07) is 8.29. The van der Waals surface area contributed by atoms with Crippen molar-refractivity contribution in [3.8, 4) is 0 Å². The first kappa shape index (κ1) is 13.7. The summed E-state index contributed by atoms with van der Waals surface area (Å²) in [5, 5.41) is 0. The standard InChI is InChI=1S/C14H20O3/c1-3-17-14(15)9-8-12-4-6-13(7-5-12)10-11-16-2/h4-7H,3,8-11H2,1-2H3. The van der Waals surface area contributed by atoms with E-state index in [1.165, 1.54) is 11.1 Å². The van der Waals surface area contributed by atoms with E-state index < -0.39 is 0 Å². The van der Waals surface area contributed by atoms with Crippen LogP contribution in [0.1, 0.15) is 24.5 Å². The highest BCUT2D eigenvalue weighted by atomic mass is 16.5. The fourth-order valence-corrected chi connectivity index (χ4v) is 1.57. The van der Waals surface area contributed by atoms with Crippen LogP contribution < -0.4 is 0 Å². The molecular formula is C14H20O3. The van der Waals surface area contributed by atoms with Gasteiger partial charge < -0.3 is 9.47 Å². The van der Waals surface area contributed by atoms with Crippen molar-refractivity contribution in [2.75, 3.05) is 20.3 Å². The molecule has 0 saturated carbocycles. The van der Waals surface area contributed by atoms with Crippen LogP contribution in [-0.4, -0.2) is 26.3 Å². The highest BCUT2D eigenvalue weighted by Crippen LogP contribution is 2.08. The molecule has 1 aromatic rings. The van der Waals surface area contributed by atoms with E-state index in [4.69, 9.17) is 9.47 Å². The fourth-order valence-electron chi connectivity index (χ4n) is 1.57. The van der Waals surface area contributed by atoms with Crippen LogP contribution in [0.5, 0.6) is 0 Å². The minimum absolute atomic E-state index is 0.129. The van der Waals surface area contributed by atoms with Crippen molar-refractivity contribution in [2.24, 2.45) is 0 Å². The SMILES string of the molecule is CCOC(=O)CCc1ccc(CCOC)cc1. The molecule has 17 heavy (non-hydrogen) atoms. The third-order valence-corrected chi connectivity index (χ3v) is 2.54. The van der Waals surface area contributed by atoms with Crippen LogP contribution in [0, 0.1) is 0 Å². The maximum Gasteiger partial charge on any atom is 0.306 e. The summed E-state index contributed by atoms with van der Waals surface area (Å²) in [7, 11) is 1.70. The second-order valence-corrected chi connectivity index (χ2v) is 3.86. The van der Waals surface area contributed by atoms with Gasteiger partial charge in [-0.25, -0.2) is 0 Å². The maximum absolute atomic E-state index is 11.2. The first-order valence-corrected chi connectivity index (χ1v) is 5.98. The number of methoxy groups -OCH3 is 1. The average Bonchev–Trinajstić information content (AvgIpc) is 2.35. The number of carbonyl (C=O) groups excluding carboxylic acids is 1. The minimum Gasteiger partial charge on any atom is -0.466 e. The van der Waals surface area contributed by atoms with Gasteiger partial charge in [0, 0.05) is 13.5 Å². The molecule has 0 amide bonds. The van der Waals surface area contributed by atoms with Gasteiger partial charge in [-0.05, 0) is 30.9 Å². The van der Waals surface area contributed by atoms with Crippen molar-refractivity contribution >= 4 is 5.97 Å². The molecule has 0 aliphatic rings. The number of benzene rings is 1. The number of ether oxygens (including phenoxy) is 2. The van der Waals surface area contributed by atoms with Gasteiger partial charge in [0.1, 0.15) is 0 Å². The fraction of sp³-hybridized carbons (Fsp3) is 0.500. The predicted molar refractivity (Wildman–Crippen MR) is 67.0 cm³/mol. The Morgan fingerprint density at radius 1 is 1.12 bits per heavy atom. The topological polar surface area (TPSA) is 35.5 Å². The van der Waals surface area contributed by atoms with E-state index in [0.717, 1.165) is 19.4 Å². The molecule has 94 valence electrons. The number of hydrogen-bond acceptors (Lipinski definition) is 3. The molecule has 0 aromatic heterocycles. The van der Waals surface area contributed by atoms with Crippen molar-refractivity contribution in [1.82, 2.24) is 0 Å². The zero-order chi connectivity index (χ0) is 12.5. The monoisotopic (exact) mass is 236 g/mol. The summed E-state index contributed by atoms with van der Waals surface area (Å²) >= 11 is 0. The number of hydrogen-bond donors (Lipinski definition) is 0. The summed E-state index contributed by atoms with van der Waals surface area (Å²) in [5.41, 5.74) is 2.42. The van der Waals surface area contributed by atoms with Crippen molar-refractivity contribution in [3.63, 3.8) is 0 Å². The van der Waals surface area contributed by atoms with Gasteiger partial charge >= 0.3 is 5.97 Å². The normalized spacial score (nSPS) is 10.2. The molecular weight excluding hydrogens is 216 g/mol. The lowest BCUT2D eigenvalue weighted by molar-refractivity contribution is -0.143. The Balaban J connectivity index is 2.37. The largest absolute Gasteiger partial charge is 0.466 e. The van der Waals surface area contributed by atoms with Gasteiger partial charge in [-0.3, -0.25) is 4.79 Å². The summed E-state index contributed by atoms with van der Waals surface area (Å²) in [6.45, 7) is 3.01. The molecule has 0 atom stereocenters. The van der Waals surface area contributed by atoms with Crippen molar-refractivity contribution in [3.05, 3.63) is 35.4 Å². The Kier molecular flexibility index (Phi) is 6.33. The molecule has 0 spiro atoms. The van der Waals surface area contributed by atoms with Crippen LogP contribution in [0.4, 0.5) is 0 Å². The lowest BCUT2D eigenvalue weighted by atomic mass is 10.1. The minimum atomic E-state index is -0.129. The smallest absolute Gasteiger partial charge is 0.306 e. The molecule has 1 rings (SSSR count). The Labute approximate surface area is 103 Å². The van der Waals surface area contributed by atoms with E-state index in [1.54, 1.807) is 7.11 Å². The van der Waals surface area contributed by atoms with Gasteiger partial charge in [0.2, 0.25) is 0 Å². The molecule has 3 heteroatoms. The molecule has 1 aromatic carbocycles. The van der Waals surface area contributed by atoms with Crippen LogP contribution in [0.2, 0.25) is 0 Å². The Bertz CT molecular complexity index is 330. The summed E-state index contributed by atoms with van der Waals surface area (Å²) in [5.74, 6) is -0.129. The van der Waals surface area contributed by atoms with E-state index >= 15 is 0 Å². The number of esters is 1. The second kappa shape index (κ2) is 7.85. The Morgan fingerprint density at radius 3 is 2.24 bits per heavy atom. The lowest BCUT2D eigenvalue weighted by Gasteiger charge is -2.04. The van der Waals surface area contributed by atoms with Gasteiger partial charge in [-0.2, -0.15) is 0 Å². The first-order chi connectivity index (χ1) is 8.26. The molecule has 0 saturated heterocycles. The first-order valence-electron chi connectivity index (χ1n) is 5.98. The summed E-state index contributed by atoms with van der Waals surface area (Å²) < 4.78 is 9.91. The third-order valence-electron chi connectivity index (χ3n) is 2.54. The van der Waals surface area contributed by atoms with E-state index in [-0.39, 0.29) is 5.97 Å². The van der Waals surface area contributed by atoms with Crippen LogP contribution in [-0.2, 0) is 27.1 Å². The summed E-state index contributed by atoms with van der Waals surface area (Å²) in [6.07, 6.45) is 2.11. The molecule has 0 bridgehead atoms. The van der Waals surface area contributed by atoms with Crippen molar-refractivity contribution in [2.45, 2.75) is 26.2 Å². The highest BCUT2D eigenvalue weighted by Gasteiger charge is 2.02. The Hall–Kier alpha value is -1.35. The van der Waals surface area contributed by atoms with Crippen LogP contribution in [0.3, 0.4) is 0 Å². The highest BCUT2D eigenvalue weighted by molar-refractivity contribution is 5.69. The third kappa shape index (κ3) is 5.50. The molecule has 0 unspecified atom stereocenters. The zero-order valence-corrected chi connectivity index (χ0v) is 10.6. The van der Waals surface area contributed by atoms with E-state index in [2.05, 4.69) is 24.3 Å². The maximum atomic E-state index is 11.2. The van der Waals surface area contributed by atoms with Crippen LogP contribution >= 0.6 is 0 Å². The van der Waals surface area contributed by atoms with Crippen LogP contribution in [0.25, 0.3) is 0 Å². The number of rotatable bonds is 7. The second-order valence-electron chi connectivity index (χ2n) is 3.86. The van der Waals surface area contributed by atoms with Gasteiger partial charge in [0.25, 0.3) is 0 Å². The molecule has 0 aliphatic heterocycles. The number of aryl methyl sites for hydroxylation is 1. The van der Waals surface area contributed by atoms with Gasteiger partial charge in [-0.1, -0.05) is 24.3 Å². The lowest BCUT2D eigenvalue weighted by Crippen LogP contribution is -2.05. The molecule has 0 aliphatic carbocycles. The molecule has 0 N–H and O–H groups in total. The molecule has 0 radical (unpaired) electrons. The van der Waals surface area contributed by atoms with Gasteiger partial charge in [0.15, 0.2) is 0 Å². The number of carbonyl (C=O) groups is 1. The Morgan fingerprint density at radius 2 is 1.71 bits per heavy atom.